The van der Waals surface area contributed by atoms with Crippen molar-refractivity contribution in [2.24, 2.45) is 10.9 Å². The maximum absolute atomic E-state index is 4.63. The van der Waals surface area contributed by atoms with E-state index < -0.39 is 0 Å². The Morgan fingerprint density at radius 2 is 2.26 bits per heavy atom. The summed E-state index contributed by atoms with van der Waals surface area (Å²) in [6, 6.07) is 4.02. The molecular formula is C16H23BrIN5. The first-order valence-corrected chi connectivity index (χ1v) is 8.54. The summed E-state index contributed by atoms with van der Waals surface area (Å²) >= 11 is 3.48. The molecule has 0 aliphatic carbocycles. The second-order valence-corrected chi connectivity index (χ2v) is 6.85. The smallest absolute Gasteiger partial charge is 0.193 e. The molecule has 7 heteroatoms. The third-order valence-electron chi connectivity index (χ3n) is 4.06. The predicted molar refractivity (Wildman–Crippen MR) is 108 cm³/mol. The van der Waals surface area contributed by atoms with Gasteiger partial charge in [0.15, 0.2) is 5.96 Å². The van der Waals surface area contributed by atoms with E-state index in [0.29, 0.717) is 6.54 Å². The van der Waals surface area contributed by atoms with Crippen molar-refractivity contribution in [3.63, 3.8) is 0 Å². The standard InChI is InChI=1S/C16H22BrN5.HI/c1-12-4-3-7-21(9-12)16(18-2)19-8-14-11-22-10-13(17)5-6-15(22)20-14;/h5-6,10-12H,3-4,7-9H2,1-2H3,(H,18,19);1H. The lowest BCUT2D eigenvalue weighted by atomic mass is 10.0. The first-order chi connectivity index (χ1) is 10.7. The summed E-state index contributed by atoms with van der Waals surface area (Å²) in [5.41, 5.74) is 1.98. The zero-order valence-electron chi connectivity index (χ0n) is 13.5. The highest BCUT2D eigenvalue weighted by Gasteiger charge is 2.19. The normalized spacial score (nSPS) is 18.8. The van der Waals surface area contributed by atoms with Crippen molar-refractivity contribution in [3.8, 4) is 0 Å². The van der Waals surface area contributed by atoms with Gasteiger partial charge in [-0.05, 0) is 46.8 Å². The van der Waals surface area contributed by atoms with Gasteiger partial charge in [0.2, 0.25) is 0 Å². The molecule has 0 radical (unpaired) electrons. The predicted octanol–water partition coefficient (Wildman–Crippen LogP) is 3.52. The van der Waals surface area contributed by atoms with Gasteiger partial charge in [-0.15, -0.1) is 24.0 Å². The van der Waals surface area contributed by atoms with Crippen LogP contribution in [0.2, 0.25) is 0 Å². The minimum atomic E-state index is 0. The van der Waals surface area contributed by atoms with Crippen LogP contribution in [0, 0.1) is 5.92 Å². The molecule has 1 saturated heterocycles. The third-order valence-corrected chi connectivity index (χ3v) is 4.53. The van der Waals surface area contributed by atoms with Gasteiger partial charge >= 0.3 is 0 Å². The Balaban J connectivity index is 0.00000192. The van der Waals surface area contributed by atoms with Crippen LogP contribution >= 0.6 is 39.9 Å². The van der Waals surface area contributed by atoms with E-state index in [9.17, 15) is 0 Å². The Bertz CT molecular complexity index is 684. The Morgan fingerprint density at radius 3 is 3.00 bits per heavy atom. The van der Waals surface area contributed by atoms with Crippen molar-refractivity contribution in [2.45, 2.75) is 26.3 Å². The molecule has 1 atom stereocenters. The lowest BCUT2D eigenvalue weighted by molar-refractivity contribution is 0.266. The molecular weight excluding hydrogens is 469 g/mol. The molecule has 1 fully saturated rings. The van der Waals surface area contributed by atoms with Crippen LogP contribution in [0.25, 0.3) is 5.65 Å². The summed E-state index contributed by atoms with van der Waals surface area (Å²) in [5, 5.41) is 3.44. The van der Waals surface area contributed by atoms with Crippen LogP contribution in [-0.2, 0) is 6.54 Å². The topological polar surface area (TPSA) is 44.9 Å². The Morgan fingerprint density at radius 1 is 1.43 bits per heavy atom. The van der Waals surface area contributed by atoms with Gasteiger partial charge in [-0.25, -0.2) is 4.98 Å². The molecule has 1 unspecified atom stereocenters. The fourth-order valence-corrected chi connectivity index (χ4v) is 3.34. The van der Waals surface area contributed by atoms with E-state index in [-0.39, 0.29) is 24.0 Å². The fraction of sp³-hybridized carbons (Fsp3) is 0.500. The summed E-state index contributed by atoms with van der Waals surface area (Å²) in [4.78, 5) is 11.4. The second kappa shape index (κ2) is 8.32. The van der Waals surface area contributed by atoms with Gasteiger partial charge in [0.1, 0.15) is 5.65 Å². The number of aliphatic imine (C=N–C) groups is 1. The number of halogens is 2. The second-order valence-electron chi connectivity index (χ2n) is 5.94. The average molecular weight is 492 g/mol. The van der Waals surface area contributed by atoms with Crippen LogP contribution in [-0.4, -0.2) is 40.4 Å². The Hall–Kier alpha value is -0.830. The molecule has 126 valence electrons. The van der Waals surface area contributed by atoms with Gasteiger partial charge in [0, 0.05) is 37.0 Å². The molecule has 1 aliphatic heterocycles. The number of nitrogens with zero attached hydrogens (tertiary/aromatic N) is 4. The number of hydrogen-bond donors (Lipinski definition) is 1. The van der Waals surface area contributed by atoms with Crippen molar-refractivity contribution in [3.05, 3.63) is 34.7 Å². The van der Waals surface area contributed by atoms with Crippen LogP contribution in [0.5, 0.6) is 0 Å². The number of nitrogens with one attached hydrogen (secondary N) is 1. The van der Waals surface area contributed by atoms with Crippen molar-refractivity contribution in [2.75, 3.05) is 20.1 Å². The molecule has 23 heavy (non-hydrogen) atoms. The molecule has 0 spiro atoms. The monoisotopic (exact) mass is 491 g/mol. The van der Waals surface area contributed by atoms with Crippen LogP contribution in [0.1, 0.15) is 25.5 Å². The number of guanidine groups is 1. The number of hydrogen-bond acceptors (Lipinski definition) is 2. The molecule has 5 nitrogen and oxygen atoms in total. The Kier molecular flexibility index (Phi) is 6.70. The van der Waals surface area contributed by atoms with Gasteiger partial charge in [-0.1, -0.05) is 6.92 Å². The van der Waals surface area contributed by atoms with Crippen LogP contribution < -0.4 is 5.32 Å². The number of imidazole rings is 1. The fourth-order valence-electron chi connectivity index (χ4n) is 2.99. The lowest BCUT2D eigenvalue weighted by Gasteiger charge is -2.33. The van der Waals surface area contributed by atoms with Crippen molar-refractivity contribution >= 4 is 51.5 Å². The van der Waals surface area contributed by atoms with E-state index in [0.717, 1.165) is 40.8 Å². The van der Waals surface area contributed by atoms with E-state index in [1.54, 1.807) is 0 Å². The quantitative estimate of drug-likeness (QED) is 0.397. The highest BCUT2D eigenvalue weighted by Crippen LogP contribution is 2.16. The molecule has 3 heterocycles. The van der Waals surface area contributed by atoms with Gasteiger partial charge in [0.25, 0.3) is 0 Å². The number of rotatable bonds is 2. The molecule has 1 aliphatic rings. The molecule has 0 bridgehead atoms. The largest absolute Gasteiger partial charge is 0.351 e. The average Bonchev–Trinajstić information content (AvgIpc) is 2.90. The summed E-state index contributed by atoms with van der Waals surface area (Å²) in [6.07, 6.45) is 6.63. The van der Waals surface area contributed by atoms with E-state index in [2.05, 4.69) is 49.2 Å². The molecule has 0 aromatic carbocycles. The zero-order valence-corrected chi connectivity index (χ0v) is 17.4. The van der Waals surface area contributed by atoms with Gasteiger partial charge in [0.05, 0.1) is 12.2 Å². The third kappa shape index (κ3) is 4.59. The van der Waals surface area contributed by atoms with Crippen molar-refractivity contribution in [1.82, 2.24) is 19.6 Å². The van der Waals surface area contributed by atoms with E-state index in [1.807, 2.05) is 29.8 Å². The molecule has 2 aromatic heterocycles. The number of likely N-dealkylation sites (tertiary alicyclic amines) is 1. The highest BCUT2D eigenvalue weighted by molar-refractivity contribution is 14.0. The van der Waals surface area contributed by atoms with E-state index in [4.69, 9.17) is 0 Å². The van der Waals surface area contributed by atoms with Gasteiger partial charge in [-0.3, -0.25) is 4.99 Å². The molecule has 0 amide bonds. The van der Waals surface area contributed by atoms with Gasteiger partial charge < -0.3 is 14.6 Å². The first kappa shape index (κ1) is 18.5. The number of piperidine rings is 1. The summed E-state index contributed by atoms with van der Waals surface area (Å²) in [7, 11) is 1.85. The SMILES string of the molecule is CN=C(NCc1cn2cc(Br)ccc2n1)N1CCCC(C)C1.I. The highest BCUT2D eigenvalue weighted by atomic mass is 127. The number of fused-ring (bicyclic) bond motifs is 1. The van der Waals surface area contributed by atoms with E-state index >= 15 is 0 Å². The molecule has 3 rings (SSSR count). The summed E-state index contributed by atoms with van der Waals surface area (Å²) in [5.74, 6) is 1.71. The summed E-state index contributed by atoms with van der Waals surface area (Å²) < 4.78 is 3.09. The maximum atomic E-state index is 4.63. The van der Waals surface area contributed by atoms with Crippen LogP contribution in [0.15, 0.2) is 34.0 Å². The van der Waals surface area contributed by atoms with Crippen molar-refractivity contribution < 1.29 is 0 Å². The summed E-state index contributed by atoms with van der Waals surface area (Å²) in [6.45, 7) is 5.16. The molecule has 0 saturated carbocycles. The Labute approximate surface area is 162 Å². The zero-order chi connectivity index (χ0) is 15.5. The van der Waals surface area contributed by atoms with Crippen LogP contribution in [0.3, 0.4) is 0 Å². The maximum Gasteiger partial charge on any atom is 0.193 e. The minimum Gasteiger partial charge on any atom is -0.351 e. The molecule has 1 N–H and O–H groups in total. The van der Waals surface area contributed by atoms with Crippen LogP contribution in [0.4, 0.5) is 0 Å². The lowest BCUT2D eigenvalue weighted by Crippen LogP contribution is -2.45. The molecule has 2 aromatic rings. The minimum absolute atomic E-state index is 0. The van der Waals surface area contributed by atoms with E-state index in [1.165, 1.54) is 12.8 Å². The number of pyridine rings is 1. The first-order valence-electron chi connectivity index (χ1n) is 7.74. The number of aromatic nitrogens is 2. The van der Waals surface area contributed by atoms with Gasteiger partial charge in [-0.2, -0.15) is 0 Å². The van der Waals surface area contributed by atoms with Crippen molar-refractivity contribution in [1.29, 1.82) is 0 Å².